The van der Waals surface area contributed by atoms with Crippen molar-refractivity contribution in [1.29, 1.82) is 0 Å². The number of hydrogen-bond acceptors (Lipinski definition) is 4. The van der Waals surface area contributed by atoms with E-state index in [0.29, 0.717) is 0 Å². The lowest BCUT2D eigenvalue weighted by Gasteiger charge is -2.22. The molecule has 0 aliphatic rings. The van der Waals surface area contributed by atoms with Crippen LogP contribution in [0.15, 0.2) is 28.7 Å². The van der Waals surface area contributed by atoms with E-state index in [1.54, 1.807) is 13.8 Å². The molecule has 1 rings (SSSR count). The highest BCUT2D eigenvalue weighted by Crippen LogP contribution is 2.22. The summed E-state index contributed by atoms with van der Waals surface area (Å²) in [4.78, 5) is 23.7. The highest BCUT2D eigenvalue weighted by Gasteiger charge is 2.23. The van der Waals surface area contributed by atoms with Crippen molar-refractivity contribution in [3.8, 4) is 0 Å². The molecule has 1 aromatic carbocycles. The molecular formula is C15H22BrClN2O3. The Bertz CT molecular complexity index is 511. The van der Waals surface area contributed by atoms with Crippen molar-refractivity contribution in [1.82, 2.24) is 5.32 Å². The van der Waals surface area contributed by atoms with E-state index in [1.165, 1.54) is 7.11 Å². The van der Waals surface area contributed by atoms with Gasteiger partial charge in [-0.25, -0.2) is 0 Å². The molecule has 124 valence electrons. The number of carbonyl (C=O) groups excluding carboxylic acids is 2. The van der Waals surface area contributed by atoms with Gasteiger partial charge < -0.3 is 15.8 Å². The number of methoxy groups -OCH3 is 1. The van der Waals surface area contributed by atoms with E-state index in [4.69, 9.17) is 10.5 Å². The van der Waals surface area contributed by atoms with Crippen LogP contribution in [-0.2, 0) is 14.3 Å². The number of carbonyl (C=O) groups is 2. The molecule has 0 bridgehead atoms. The van der Waals surface area contributed by atoms with Gasteiger partial charge in [0.15, 0.2) is 0 Å². The number of nitrogens with one attached hydrogen (secondary N) is 1. The molecule has 3 unspecified atom stereocenters. The number of benzene rings is 1. The zero-order valence-electron chi connectivity index (χ0n) is 12.8. The number of nitrogens with two attached hydrogens (primary N) is 1. The monoisotopic (exact) mass is 392 g/mol. The summed E-state index contributed by atoms with van der Waals surface area (Å²) in [5, 5.41) is 2.87. The summed E-state index contributed by atoms with van der Waals surface area (Å²) >= 11 is 3.38. The van der Waals surface area contributed by atoms with Crippen LogP contribution in [-0.4, -0.2) is 25.0 Å². The Balaban J connectivity index is 0.00000441. The number of halogens is 2. The van der Waals surface area contributed by atoms with Crippen LogP contribution in [0.25, 0.3) is 0 Å². The van der Waals surface area contributed by atoms with Gasteiger partial charge >= 0.3 is 5.97 Å². The maximum atomic E-state index is 12.2. The second kappa shape index (κ2) is 9.82. The first kappa shape index (κ1) is 20.9. The molecular weight excluding hydrogens is 372 g/mol. The van der Waals surface area contributed by atoms with Crippen LogP contribution in [0.3, 0.4) is 0 Å². The zero-order valence-corrected chi connectivity index (χ0v) is 15.2. The number of ether oxygens (including phenoxy) is 1. The Kier molecular flexibility index (Phi) is 9.32. The Labute approximate surface area is 145 Å². The second-order valence-electron chi connectivity index (χ2n) is 5.04. The lowest BCUT2D eigenvalue weighted by atomic mass is 10.00. The number of amides is 1. The molecule has 7 heteroatoms. The molecule has 0 heterocycles. The molecule has 0 saturated carbocycles. The van der Waals surface area contributed by atoms with Gasteiger partial charge in [0.05, 0.1) is 19.6 Å². The minimum absolute atomic E-state index is 0. The molecule has 0 saturated heterocycles. The molecule has 3 atom stereocenters. The highest BCUT2D eigenvalue weighted by molar-refractivity contribution is 9.10. The third-order valence-corrected chi connectivity index (χ3v) is 3.86. The van der Waals surface area contributed by atoms with E-state index in [1.807, 2.05) is 24.3 Å². The molecule has 5 nitrogen and oxygen atoms in total. The predicted octanol–water partition coefficient (Wildman–Crippen LogP) is 2.57. The van der Waals surface area contributed by atoms with Crippen molar-refractivity contribution in [2.75, 3.05) is 7.11 Å². The first-order chi connectivity index (χ1) is 9.85. The molecule has 0 fully saturated rings. The van der Waals surface area contributed by atoms with E-state index in [-0.39, 0.29) is 42.7 Å². The fourth-order valence-corrected chi connectivity index (χ4v) is 2.18. The largest absolute Gasteiger partial charge is 0.469 e. The predicted molar refractivity (Wildman–Crippen MR) is 91.7 cm³/mol. The second-order valence-corrected chi connectivity index (χ2v) is 5.96. The van der Waals surface area contributed by atoms with Gasteiger partial charge in [0, 0.05) is 16.4 Å². The van der Waals surface area contributed by atoms with Crippen molar-refractivity contribution in [2.45, 2.75) is 32.4 Å². The quantitative estimate of drug-likeness (QED) is 0.728. The summed E-state index contributed by atoms with van der Waals surface area (Å²) in [7, 11) is 1.33. The molecule has 0 spiro atoms. The molecule has 0 aliphatic carbocycles. The average Bonchev–Trinajstić information content (AvgIpc) is 2.45. The van der Waals surface area contributed by atoms with Crippen molar-refractivity contribution in [3.05, 3.63) is 34.3 Å². The number of rotatable bonds is 6. The topological polar surface area (TPSA) is 81.4 Å². The zero-order chi connectivity index (χ0) is 16.0. The summed E-state index contributed by atoms with van der Waals surface area (Å²) in [5.74, 6) is -0.898. The van der Waals surface area contributed by atoms with Crippen LogP contribution >= 0.6 is 28.3 Å². The fourth-order valence-electron chi connectivity index (χ4n) is 1.77. The Morgan fingerprint density at radius 2 is 2.00 bits per heavy atom. The van der Waals surface area contributed by atoms with Crippen LogP contribution in [0.5, 0.6) is 0 Å². The maximum Gasteiger partial charge on any atom is 0.307 e. The van der Waals surface area contributed by atoms with Gasteiger partial charge in [0.25, 0.3) is 0 Å². The third kappa shape index (κ3) is 6.34. The van der Waals surface area contributed by atoms with Gasteiger partial charge in [0.1, 0.15) is 0 Å². The molecule has 1 aromatic rings. The summed E-state index contributed by atoms with van der Waals surface area (Å²) in [6, 6.07) is 6.75. The van der Waals surface area contributed by atoms with Crippen LogP contribution in [0, 0.1) is 5.92 Å². The van der Waals surface area contributed by atoms with Gasteiger partial charge in [-0.15, -0.1) is 12.4 Å². The Morgan fingerprint density at radius 3 is 2.50 bits per heavy atom. The third-order valence-electron chi connectivity index (χ3n) is 3.37. The van der Waals surface area contributed by atoms with E-state index in [2.05, 4.69) is 21.2 Å². The van der Waals surface area contributed by atoms with Crippen LogP contribution in [0.4, 0.5) is 0 Å². The van der Waals surface area contributed by atoms with Crippen molar-refractivity contribution in [3.63, 3.8) is 0 Å². The van der Waals surface area contributed by atoms with Crippen molar-refractivity contribution in [2.24, 2.45) is 11.7 Å². The lowest BCUT2D eigenvalue weighted by molar-refractivity contribution is -0.141. The summed E-state index contributed by atoms with van der Waals surface area (Å²) in [5.41, 5.74) is 6.58. The van der Waals surface area contributed by atoms with Gasteiger partial charge in [-0.1, -0.05) is 35.0 Å². The van der Waals surface area contributed by atoms with Crippen LogP contribution < -0.4 is 11.1 Å². The lowest BCUT2D eigenvalue weighted by Crippen LogP contribution is -2.40. The minimum atomic E-state index is -0.441. The maximum absolute atomic E-state index is 12.2. The SMILES string of the molecule is COC(=O)CC(NC(=O)C(C)C(C)N)c1cccc(Br)c1.Cl. The Hall–Kier alpha value is -1.11. The van der Waals surface area contributed by atoms with Gasteiger partial charge in [-0.05, 0) is 24.6 Å². The van der Waals surface area contributed by atoms with Crippen LogP contribution in [0.2, 0.25) is 0 Å². The smallest absolute Gasteiger partial charge is 0.307 e. The van der Waals surface area contributed by atoms with Gasteiger partial charge in [-0.3, -0.25) is 9.59 Å². The van der Waals surface area contributed by atoms with E-state index in [9.17, 15) is 9.59 Å². The van der Waals surface area contributed by atoms with Crippen molar-refractivity contribution >= 4 is 40.2 Å². The van der Waals surface area contributed by atoms with E-state index < -0.39 is 6.04 Å². The highest BCUT2D eigenvalue weighted by atomic mass is 79.9. The molecule has 0 radical (unpaired) electrons. The van der Waals surface area contributed by atoms with Gasteiger partial charge in [0.2, 0.25) is 5.91 Å². The minimum Gasteiger partial charge on any atom is -0.469 e. The Morgan fingerprint density at radius 1 is 1.36 bits per heavy atom. The first-order valence-electron chi connectivity index (χ1n) is 6.73. The van der Waals surface area contributed by atoms with Crippen LogP contribution in [0.1, 0.15) is 31.9 Å². The molecule has 0 aliphatic heterocycles. The summed E-state index contributed by atoms with van der Waals surface area (Å²) in [6.07, 6.45) is 0.0738. The number of hydrogen-bond donors (Lipinski definition) is 2. The fraction of sp³-hybridized carbons (Fsp3) is 0.467. The van der Waals surface area contributed by atoms with Gasteiger partial charge in [-0.2, -0.15) is 0 Å². The standard InChI is InChI=1S/C15H21BrN2O3.ClH/c1-9(10(2)17)15(20)18-13(8-14(19)21-3)11-5-4-6-12(16)7-11;/h4-7,9-10,13H,8,17H2,1-3H3,(H,18,20);1H. The molecule has 3 N–H and O–H groups in total. The summed E-state index contributed by atoms with van der Waals surface area (Å²) in [6.45, 7) is 3.54. The molecule has 1 amide bonds. The van der Waals surface area contributed by atoms with E-state index in [0.717, 1.165) is 10.0 Å². The first-order valence-corrected chi connectivity index (χ1v) is 7.52. The molecule has 0 aromatic heterocycles. The average molecular weight is 394 g/mol. The number of esters is 1. The van der Waals surface area contributed by atoms with E-state index >= 15 is 0 Å². The molecule has 22 heavy (non-hydrogen) atoms. The van der Waals surface area contributed by atoms with Crippen molar-refractivity contribution < 1.29 is 14.3 Å². The normalized spacial score (nSPS) is 14.2. The summed E-state index contributed by atoms with van der Waals surface area (Å²) < 4.78 is 5.57.